The topological polar surface area (TPSA) is 111 Å². The highest BCUT2D eigenvalue weighted by molar-refractivity contribution is 7.92. The maximum absolute atomic E-state index is 12.8. The maximum atomic E-state index is 12.8. The Balaban J connectivity index is 2.20. The Morgan fingerprint density at radius 2 is 1.74 bits per heavy atom. The van der Waals surface area contributed by atoms with E-state index in [1.54, 1.807) is 13.8 Å². The summed E-state index contributed by atoms with van der Waals surface area (Å²) in [5.74, 6) is -0.628. The molecule has 2 aromatic rings. The van der Waals surface area contributed by atoms with Crippen LogP contribution in [0.25, 0.3) is 0 Å². The Kier molecular flexibility index (Phi) is 8.44. The number of benzene rings is 2. The number of sulfonamides is 1. The number of carbonyl (C=O) groups is 2. The van der Waals surface area contributed by atoms with Crippen LogP contribution in [0.1, 0.15) is 54.3 Å². The maximum Gasteiger partial charge on any atom is 0.338 e. The zero-order chi connectivity index (χ0) is 23.0. The van der Waals surface area contributed by atoms with Crippen molar-refractivity contribution in [1.82, 2.24) is 5.32 Å². The second-order valence-electron chi connectivity index (χ2n) is 7.16. The molecule has 0 aromatic heterocycles. The van der Waals surface area contributed by atoms with E-state index in [-0.39, 0.29) is 27.9 Å². The van der Waals surface area contributed by atoms with Gasteiger partial charge in [-0.2, -0.15) is 0 Å². The molecule has 0 fully saturated rings. The minimum atomic E-state index is -3.98. The van der Waals surface area contributed by atoms with E-state index in [9.17, 15) is 18.0 Å². The molecular formula is C22H28N2O6S. The van der Waals surface area contributed by atoms with Crippen LogP contribution >= 0.6 is 0 Å². The molecule has 1 amide bonds. The predicted octanol–water partition coefficient (Wildman–Crippen LogP) is 3.59. The molecule has 2 aromatic carbocycles. The Labute approximate surface area is 183 Å². The molecule has 0 heterocycles. The lowest BCUT2D eigenvalue weighted by atomic mass is 10.2. The van der Waals surface area contributed by atoms with Gasteiger partial charge in [0, 0.05) is 11.7 Å². The van der Waals surface area contributed by atoms with E-state index >= 15 is 0 Å². The number of carbonyl (C=O) groups excluding carboxylic acids is 2. The van der Waals surface area contributed by atoms with Crippen molar-refractivity contribution < 1.29 is 27.5 Å². The number of nitrogens with one attached hydrogen (secondary N) is 2. The van der Waals surface area contributed by atoms with E-state index in [1.807, 2.05) is 6.92 Å². The molecule has 168 valence electrons. The molecule has 8 nitrogen and oxygen atoms in total. The number of hydrogen-bond acceptors (Lipinski definition) is 6. The molecule has 0 unspecified atom stereocenters. The number of methoxy groups -OCH3 is 1. The van der Waals surface area contributed by atoms with E-state index in [4.69, 9.17) is 9.47 Å². The third-order valence-corrected chi connectivity index (χ3v) is 5.63. The van der Waals surface area contributed by atoms with Crippen LogP contribution in [-0.4, -0.2) is 40.1 Å². The van der Waals surface area contributed by atoms with Crippen LogP contribution in [0.3, 0.4) is 0 Å². The van der Waals surface area contributed by atoms with E-state index in [0.29, 0.717) is 12.2 Å². The minimum Gasteiger partial charge on any atom is -0.496 e. The van der Waals surface area contributed by atoms with Gasteiger partial charge in [-0.3, -0.25) is 9.52 Å². The molecular weight excluding hydrogens is 420 g/mol. The van der Waals surface area contributed by atoms with Crippen molar-refractivity contribution in [1.29, 1.82) is 0 Å². The van der Waals surface area contributed by atoms with Gasteiger partial charge < -0.3 is 14.8 Å². The van der Waals surface area contributed by atoms with Crippen LogP contribution < -0.4 is 14.8 Å². The normalized spacial score (nSPS) is 11.1. The summed E-state index contributed by atoms with van der Waals surface area (Å²) in [6, 6.07) is 9.85. The lowest BCUT2D eigenvalue weighted by Gasteiger charge is -2.14. The van der Waals surface area contributed by atoms with Gasteiger partial charge in [-0.05, 0) is 62.7 Å². The molecule has 0 spiro atoms. The molecule has 0 saturated carbocycles. The number of esters is 1. The average molecular weight is 449 g/mol. The standard InChI is InChI=1S/C22H28N2O6S/c1-5-6-13-30-22(26)16-7-9-17(10-8-16)24-31(27,28)18-11-12-20(29-4)19(14-18)21(25)23-15(2)3/h7-12,14-15,24H,5-6,13H2,1-4H3,(H,23,25). The van der Waals surface area contributed by atoms with E-state index in [0.717, 1.165) is 12.8 Å². The average Bonchev–Trinajstić information content (AvgIpc) is 2.73. The summed E-state index contributed by atoms with van der Waals surface area (Å²) in [5.41, 5.74) is 0.717. The predicted molar refractivity (Wildman–Crippen MR) is 118 cm³/mol. The second kappa shape index (κ2) is 10.8. The summed E-state index contributed by atoms with van der Waals surface area (Å²) in [5, 5.41) is 2.72. The first kappa shape index (κ1) is 24.2. The quantitative estimate of drug-likeness (QED) is 0.424. The van der Waals surface area contributed by atoms with Crippen LogP contribution in [0.5, 0.6) is 5.75 Å². The number of hydrogen-bond donors (Lipinski definition) is 2. The smallest absolute Gasteiger partial charge is 0.338 e. The van der Waals surface area contributed by atoms with Gasteiger partial charge in [0.25, 0.3) is 15.9 Å². The lowest BCUT2D eigenvalue weighted by molar-refractivity contribution is 0.0499. The van der Waals surface area contributed by atoms with Crippen molar-refractivity contribution >= 4 is 27.6 Å². The monoisotopic (exact) mass is 448 g/mol. The molecule has 0 atom stereocenters. The number of amides is 1. The molecule has 0 aliphatic rings. The first-order valence-corrected chi connectivity index (χ1v) is 11.4. The highest BCUT2D eigenvalue weighted by Crippen LogP contribution is 2.24. The van der Waals surface area contributed by atoms with E-state index in [1.165, 1.54) is 49.6 Å². The van der Waals surface area contributed by atoms with Gasteiger partial charge in [-0.25, -0.2) is 13.2 Å². The molecule has 0 aliphatic carbocycles. The first-order chi connectivity index (χ1) is 14.7. The zero-order valence-corrected chi connectivity index (χ0v) is 18.9. The van der Waals surface area contributed by atoms with Gasteiger partial charge in [0.15, 0.2) is 0 Å². The van der Waals surface area contributed by atoms with Gasteiger partial charge in [0.2, 0.25) is 0 Å². The Bertz CT molecular complexity index is 1020. The molecule has 31 heavy (non-hydrogen) atoms. The van der Waals surface area contributed by atoms with Crippen LogP contribution in [0.15, 0.2) is 47.4 Å². The number of ether oxygens (including phenoxy) is 2. The van der Waals surface area contributed by atoms with Crippen molar-refractivity contribution in [3.05, 3.63) is 53.6 Å². The summed E-state index contributed by atoms with van der Waals surface area (Å²) in [6.45, 7) is 5.94. The van der Waals surface area contributed by atoms with Gasteiger partial charge in [-0.15, -0.1) is 0 Å². The Hall–Kier alpha value is -3.07. The van der Waals surface area contributed by atoms with Crippen LogP contribution in [0.4, 0.5) is 5.69 Å². The minimum absolute atomic E-state index is 0.0924. The summed E-state index contributed by atoms with van der Waals surface area (Å²) in [7, 11) is -2.57. The third kappa shape index (κ3) is 6.71. The summed E-state index contributed by atoms with van der Waals surface area (Å²) < 4.78 is 38.4. The van der Waals surface area contributed by atoms with Crippen LogP contribution in [0.2, 0.25) is 0 Å². The zero-order valence-electron chi connectivity index (χ0n) is 18.1. The molecule has 2 rings (SSSR count). The molecule has 2 N–H and O–H groups in total. The summed E-state index contributed by atoms with van der Waals surface area (Å²) in [4.78, 5) is 24.3. The van der Waals surface area contributed by atoms with Crippen molar-refractivity contribution in [2.45, 2.75) is 44.6 Å². The molecule has 9 heteroatoms. The van der Waals surface area contributed by atoms with Crippen molar-refractivity contribution in [3.63, 3.8) is 0 Å². The van der Waals surface area contributed by atoms with Crippen LogP contribution in [-0.2, 0) is 14.8 Å². The fourth-order valence-corrected chi connectivity index (χ4v) is 3.74. The number of unbranched alkanes of at least 4 members (excludes halogenated alkanes) is 1. The second-order valence-corrected chi connectivity index (χ2v) is 8.84. The first-order valence-electron chi connectivity index (χ1n) is 9.96. The molecule has 0 radical (unpaired) electrons. The Morgan fingerprint density at radius 3 is 2.32 bits per heavy atom. The number of anilines is 1. The summed E-state index contributed by atoms with van der Waals surface area (Å²) in [6.07, 6.45) is 1.70. The SMILES string of the molecule is CCCCOC(=O)c1ccc(NS(=O)(=O)c2ccc(OC)c(C(=O)NC(C)C)c2)cc1. The Morgan fingerprint density at radius 1 is 1.06 bits per heavy atom. The fraction of sp³-hybridized carbons (Fsp3) is 0.364. The highest BCUT2D eigenvalue weighted by Gasteiger charge is 2.20. The van der Waals surface area contributed by atoms with Gasteiger partial charge in [0.1, 0.15) is 5.75 Å². The van der Waals surface area contributed by atoms with Crippen molar-refractivity contribution in [2.75, 3.05) is 18.4 Å². The highest BCUT2D eigenvalue weighted by atomic mass is 32.2. The summed E-state index contributed by atoms with van der Waals surface area (Å²) >= 11 is 0. The number of rotatable bonds is 10. The molecule has 0 bridgehead atoms. The largest absolute Gasteiger partial charge is 0.496 e. The van der Waals surface area contributed by atoms with Crippen LogP contribution in [0, 0.1) is 0 Å². The third-order valence-electron chi connectivity index (χ3n) is 4.25. The van der Waals surface area contributed by atoms with E-state index in [2.05, 4.69) is 10.0 Å². The molecule has 0 aliphatic heterocycles. The molecule has 0 saturated heterocycles. The van der Waals surface area contributed by atoms with Crippen molar-refractivity contribution in [3.8, 4) is 5.75 Å². The van der Waals surface area contributed by atoms with Crippen molar-refractivity contribution in [2.24, 2.45) is 0 Å². The lowest BCUT2D eigenvalue weighted by Crippen LogP contribution is -2.30. The fourth-order valence-electron chi connectivity index (χ4n) is 2.65. The van der Waals surface area contributed by atoms with E-state index < -0.39 is 21.9 Å². The van der Waals surface area contributed by atoms with Gasteiger partial charge >= 0.3 is 5.97 Å². The van der Waals surface area contributed by atoms with Gasteiger partial charge in [-0.1, -0.05) is 13.3 Å². The van der Waals surface area contributed by atoms with Gasteiger partial charge in [0.05, 0.1) is 29.7 Å².